The maximum Gasteiger partial charge on any atom is 0.231 e. The van der Waals surface area contributed by atoms with Gasteiger partial charge in [-0.05, 0) is 24.7 Å². The topological polar surface area (TPSA) is 47.6 Å². The number of benzene rings is 1. The molecule has 0 saturated heterocycles. The summed E-state index contributed by atoms with van der Waals surface area (Å²) in [6.07, 6.45) is 4.66. The number of hydrogen-bond acceptors (Lipinski definition) is 4. The molecule has 0 unspecified atom stereocenters. The highest BCUT2D eigenvalue weighted by molar-refractivity contribution is 5.83. The Hall–Kier alpha value is -1.81. The van der Waals surface area contributed by atoms with E-state index in [1.54, 1.807) is 6.07 Å². The van der Waals surface area contributed by atoms with E-state index in [0.29, 0.717) is 17.1 Å². The molecule has 16 heavy (non-hydrogen) atoms. The summed E-state index contributed by atoms with van der Waals surface area (Å²) in [6, 6.07) is 3.52. The first-order valence-electron chi connectivity index (χ1n) is 5.05. The quantitative estimate of drug-likeness (QED) is 0.779. The van der Waals surface area contributed by atoms with Crippen LogP contribution >= 0.6 is 0 Å². The fourth-order valence-electron chi connectivity index (χ4n) is 1.52. The number of rotatable bonds is 4. The Morgan fingerprint density at radius 2 is 2.00 bits per heavy atom. The molecule has 1 aromatic rings. The van der Waals surface area contributed by atoms with Gasteiger partial charge in [0, 0.05) is 12.1 Å². The molecule has 1 heterocycles. The van der Waals surface area contributed by atoms with Gasteiger partial charge < -0.3 is 14.8 Å². The van der Waals surface area contributed by atoms with Crippen molar-refractivity contribution < 1.29 is 14.3 Å². The third-order valence-electron chi connectivity index (χ3n) is 2.32. The Bertz CT molecular complexity index is 427. The van der Waals surface area contributed by atoms with Crippen LogP contribution in [0.5, 0.6) is 11.5 Å². The first kappa shape index (κ1) is 10.7. The SMILES string of the molecule is CNCC=Cc1cc2c(cc1C=O)OCO2. The second kappa shape index (κ2) is 4.81. The number of nitrogens with one attached hydrogen (secondary N) is 1. The van der Waals surface area contributed by atoms with Gasteiger partial charge in [0.1, 0.15) is 0 Å². The van der Waals surface area contributed by atoms with E-state index in [2.05, 4.69) is 5.32 Å². The van der Waals surface area contributed by atoms with E-state index in [9.17, 15) is 4.79 Å². The van der Waals surface area contributed by atoms with Gasteiger partial charge >= 0.3 is 0 Å². The largest absolute Gasteiger partial charge is 0.454 e. The van der Waals surface area contributed by atoms with E-state index in [1.807, 2.05) is 25.3 Å². The molecule has 4 nitrogen and oxygen atoms in total. The van der Waals surface area contributed by atoms with Crippen molar-refractivity contribution >= 4 is 12.4 Å². The number of carbonyl (C=O) groups excluding carboxylic acids is 1. The molecule has 2 rings (SSSR count). The van der Waals surface area contributed by atoms with Crippen molar-refractivity contribution in [3.8, 4) is 11.5 Å². The molecule has 0 radical (unpaired) electrons. The molecule has 0 aromatic heterocycles. The highest BCUT2D eigenvalue weighted by atomic mass is 16.7. The summed E-state index contributed by atoms with van der Waals surface area (Å²) in [6.45, 7) is 0.976. The molecule has 1 aliphatic rings. The summed E-state index contributed by atoms with van der Waals surface area (Å²) in [5, 5.41) is 3.00. The standard InChI is InChI=1S/C12H13NO3/c1-13-4-2-3-9-5-11-12(16-8-15-11)6-10(9)7-14/h2-3,5-7,13H,4,8H2,1H3. The summed E-state index contributed by atoms with van der Waals surface area (Å²) >= 11 is 0. The summed E-state index contributed by atoms with van der Waals surface area (Å²) in [4.78, 5) is 10.9. The summed E-state index contributed by atoms with van der Waals surface area (Å²) < 4.78 is 10.5. The molecule has 0 bridgehead atoms. The molecule has 1 aromatic carbocycles. The number of carbonyl (C=O) groups is 1. The Morgan fingerprint density at radius 1 is 1.31 bits per heavy atom. The number of ether oxygens (including phenoxy) is 2. The van der Waals surface area contributed by atoms with E-state index in [4.69, 9.17) is 9.47 Å². The Morgan fingerprint density at radius 3 is 2.62 bits per heavy atom. The number of likely N-dealkylation sites (N-methyl/N-ethyl adjacent to an activating group) is 1. The van der Waals surface area contributed by atoms with Crippen LogP contribution in [0.25, 0.3) is 6.08 Å². The maximum atomic E-state index is 10.9. The Kier molecular flexibility index (Phi) is 3.22. The van der Waals surface area contributed by atoms with Crippen molar-refractivity contribution in [3.05, 3.63) is 29.3 Å². The Balaban J connectivity index is 2.32. The second-order valence-corrected chi connectivity index (χ2v) is 3.41. The average molecular weight is 219 g/mol. The van der Waals surface area contributed by atoms with Crippen LogP contribution in [-0.4, -0.2) is 26.7 Å². The number of fused-ring (bicyclic) bond motifs is 1. The minimum Gasteiger partial charge on any atom is -0.454 e. The summed E-state index contributed by atoms with van der Waals surface area (Å²) in [5.41, 5.74) is 1.45. The molecular weight excluding hydrogens is 206 g/mol. The minimum absolute atomic E-state index is 0.220. The van der Waals surface area contributed by atoms with Gasteiger partial charge in [0.05, 0.1) is 0 Å². The van der Waals surface area contributed by atoms with Crippen molar-refractivity contribution in [1.29, 1.82) is 0 Å². The van der Waals surface area contributed by atoms with Gasteiger partial charge in [-0.25, -0.2) is 0 Å². The van der Waals surface area contributed by atoms with Gasteiger partial charge in [0.25, 0.3) is 0 Å². The van der Waals surface area contributed by atoms with Crippen molar-refractivity contribution in [2.75, 3.05) is 20.4 Å². The molecule has 0 saturated carbocycles. The van der Waals surface area contributed by atoms with Crippen LogP contribution in [-0.2, 0) is 0 Å². The first-order valence-corrected chi connectivity index (χ1v) is 5.05. The minimum atomic E-state index is 0.220. The molecule has 1 aliphatic heterocycles. The van der Waals surface area contributed by atoms with Crippen molar-refractivity contribution in [1.82, 2.24) is 5.32 Å². The van der Waals surface area contributed by atoms with Crippen LogP contribution in [0.3, 0.4) is 0 Å². The number of aldehydes is 1. The van der Waals surface area contributed by atoms with Crippen LogP contribution in [0.4, 0.5) is 0 Å². The molecule has 0 spiro atoms. The van der Waals surface area contributed by atoms with Crippen LogP contribution in [0, 0.1) is 0 Å². The second-order valence-electron chi connectivity index (χ2n) is 3.41. The zero-order valence-corrected chi connectivity index (χ0v) is 9.03. The normalized spacial score (nSPS) is 13.3. The molecule has 0 aliphatic carbocycles. The lowest BCUT2D eigenvalue weighted by Gasteiger charge is -2.02. The smallest absolute Gasteiger partial charge is 0.231 e. The van der Waals surface area contributed by atoms with Gasteiger partial charge in [0.15, 0.2) is 17.8 Å². The van der Waals surface area contributed by atoms with E-state index < -0.39 is 0 Å². The van der Waals surface area contributed by atoms with Crippen molar-refractivity contribution in [2.45, 2.75) is 0 Å². The lowest BCUT2D eigenvalue weighted by atomic mass is 10.1. The molecular formula is C12H13NO3. The fraction of sp³-hybridized carbons (Fsp3) is 0.250. The molecule has 1 N–H and O–H groups in total. The molecule has 4 heteroatoms. The third-order valence-corrected chi connectivity index (χ3v) is 2.32. The van der Waals surface area contributed by atoms with Gasteiger partial charge in [-0.1, -0.05) is 12.2 Å². The molecule has 84 valence electrons. The van der Waals surface area contributed by atoms with Gasteiger partial charge in [-0.15, -0.1) is 0 Å². The van der Waals surface area contributed by atoms with Gasteiger partial charge in [-0.2, -0.15) is 0 Å². The first-order chi connectivity index (χ1) is 7.85. The van der Waals surface area contributed by atoms with E-state index >= 15 is 0 Å². The molecule has 0 fully saturated rings. The number of hydrogen-bond donors (Lipinski definition) is 1. The van der Waals surface area contributed by atoms with Crippen LogP contribution in [0.2, 0.25) is 0 Å². The highest BCUT2D eigenvalue weighted by Crippen LogP contribution is 2.34. The van der Waals surface area contributed by atoms with Crippen LogP contribution < -0.4 is 14.8 Å². The fourth-order valence-corrected chi connectivity index (χ4v) is 1.52. The molecule has 0 atom stereocenters. The maximum absolute atomic E-state index is 10.9. The van der Waals surface area contributed by atoms with Gasteiger partial charge in [-0.3, -0.25) is 4.79 Å². The predicted molar refractivity (Wildman–Crippen MR) is 60.9 cm³/mol. The van der Waals surface area contributed by atoms with Crippen LogP contribution in [0.15, 0.2) is 18.2 Å². The average Bonchev–Trinajstić information content (AvgIpc) is 2.75. The zero-order valence-electron chi connectivity index (χ0n) is 9.03. The Labute approximate surface area is 93.9 Å². The van der Waals surface area contributed by atoms with Gasteiger partial charge in [0.2, 0.25) is 6.79 Å². The van der Waals surface area contributed by atoms with E-state index in [1.165, 1.54) is 0 Å². The highest BCUT2D eigenvalue weighted by Gasteiger charge is 2.15. The third kappa shape index (κ3) is 2.06. The zero-order chi connectivity index (χ0) is 11.4. The molecule has 0 amide bonds. The van der Waals surface area contributed by atoms with E-state index in [0.717, 1.165) is 18.4 Å². The predicted octanol–water partition coefficient (Wildman–Crippen LogP) is 1.46. The monoisotopic (exact) mass is 219 g/mol. The summed E-state index contributed by atoms with van der Waals surface area (Å²) in [5.74, 6) is 1.32. The lowest BCUT2D eigenvalue weighted by molar-refractivity contribution is 0.112. The van der Waals surface area contributed by atoms with Crippen molar-refractivity contribution in [3.63, 3.8) is 0 Å². The van der Waals surface area contributed by atoms with Crippen LogP contribution in [0.1, 0.15) is 15.9 Å². The van der Waals surface area contributed by atoms with E-state index in [-0.39, 0.29) is 6.79 Å². The summed E-state index contributed by atoms with van der Waals surface area (Å²) in [7, 11) is 1.87. The van der Waals surface area contributed by atoms with Crippen molar-refractivity contribution in [2.24, 2.45) is 0 Å². The lowest BCUT2D eigenvalue weighted by Crippen LogP contribution is -2.03.